The first-order chi connectivity index (χ1) is 14.4. The van der Waals surface area contributed by atoms with Crippen molar-refractivity contribution in [3.05, 3.63) is 53.3 Å². The Morgan fingerprint density at radius 3 is 2.27 bits per heavy atom. The van der Waals surface area contributed by atoms with E-state index in [4.69, 9.17) is 9.51 Å². The zero-order valence-corrected chi connectivity index (χ0v) is 18.5. The topological polar surface area (TPSA) is 71.2 Å². The number of aromatic nitrogens is 4. The van der Waals surface area contributed by atoms with Gasteiger partial charge in [-0.1, -0.05) is 48.8 Å². The molecule has 1 saturated heterocycles. The summed E-state index contributed by atoms with van der Waals surface area (Å²) < 4.78 is 5.60. The fourth-order valence-corrected chi connectivity index (χ4v) is 3.71. The van der Waals surface area contributed by atoms with Gasteiger partial charge in [0, 0.05) is 49.4 Å². The van der Waals surface area contributed by atoms with Crippen molar-refractivity contribution in [2.75, 3.05) is 31.1 Å². The highest BCUT2D eigenvalue weighted by Crippen LogP contribution is 2.25. The number of rotatable bonds is 5. The van der Waals surface area contributed by atoms with E-state index in [-0.39, 0.29) is 6.04 Å². The third-order valence-electron chi connectivity index (χ3n) is 5.67. The third-order valence-corrected chi connectivity index (χ3v) is 5.67. The average Bonchev–Trinajstić information content (AvgIpc) is 3.23. The molecule has 0 radical (unpaired) electrons. The summed E-state index contributed by atoms with van der Waals surface area (Å²) in [6.45, 7) is 14.2. The van der Waals surface area contributed by atoms with Gasteiger partial charge in [0.2, 0.25) is 11.7 Å². The Bertz CT molecular complexity index is 989. The molecular weight excluding hydrogens is 376 g/mol. The molecule has 0 amide bonds. The van der Waals surface area contributed by atoms with Gasteiger partial charge in [0.05, 0.1) is 6.04 Å². The molecule has 1 atom stereocenters. The highest BCUT2D eigenvalue weighted by molar-refractivity contribution is 5.54. The number of anilines is 1. The highest BCUT2D eigenvalue weighted by Gasteiger charge is 2.27. The summed E-state index contributed by atoms with van der Waals surface area (Å²) in [5, 5.41) is 4.19. The highest BCUT2D eigenvalue weighted by atomic mass is 16.5. The fraction of sp³-hybridized carbons (Fsp3) is 0.478. The van der Waals surface area contributed by atoms with Gasteiger partial charge in [0.1, 0.15) is 11.6 Å². The maximum absolute atomic E-state index is 5.60. The largest absolute Gasteiger partial charge is 0.354 e. The first-order valence-corrected chi connectivity index (χ1v) is 10.7. The van der Waals surface area contributed by atoms with Gasteiger partial charge in [-0.05, 0) is 20.8 Å². The molecule has 1 unspecified atom stereocenters. The molecule has 0 bridgehead atoms. The lowest BCUT2D eigenvalue weighted by atomic mass is 10.1. The summed E-state index contributed by atoms with van der Waals surface area (Å²) in [4.78, 5) is 18.7. The summed E-state index contributed by atoms with van der Waals surface area (Å²) in [6.07, 6.45) is 0. The molecule has 2 aromatic heterocycles. The van der Waals surface area contributed by atoms with Gasteiger partial charge in [-0.15, -0.1) is 0 Å². The number of benzene rings is 1. The van der Waals surface area contributed by atoms with Gasteiger partial charge in [-0.2, -0.15) is 4.98 Å². The fourth-order valence-electron chi connectivity index (χ4n) is 3.71. The average molecular weight is 407 g/mol. The van der Waals surface area contributed by atoms with Crippen LogP contribution in [0.2, 0.25) is 0 Å². The van der Waals surface area contributed by atoms with Crippen LogP contribution in [0.25, 0.3) is 11.4 Å². The van der Waals surface area contributed by atoms with E-state index in [2.05, 4.69) is 70.8 Å². The van der Waals surface area contributed by atoms with Gasteiger partial charge >= 0.3 is 0 Å². The van der Waals surface area contributed by atoms with Crippen molar-refractivity contribution in [2.24, 2.45) is 0 Å². The molecule has 0 aliphatic carbocycles. The van der Waals surface area contributed by atoms with E-state index in [9.17, 15) is 0 Å². The van der Waals surface area contributed by atoms with Gasteiger partial charge in [-0.3, -0.25) is 4.90 Å². The zero-order chi connectivity index (χ0) is 21.3. The van der Waals surface area contributed by atoms with Crippen LogP contribution >= 0.6 is 0 Å². The van der Waals surface area contributed by atoms with Gasteiger partial charge in [0.25, 0.3) is 0 Å². The minimum absolute atomic E-state index is 0.0807. The molecule has 7 heteroatoms. The molecule has 1 aliphatic rings. The zero-order valence-electron chi connectivity index (χ0n) is 18.5. The Kier molecular flexibility index (Phi) is 5.81. The van der Waals surface area contributed by atoms with E-state index in [0.29, 0.717) is 17.6 Å². The van der Waals surface area contributed by atoms with Crippen molar-refractivity contribution in [1.82, 2.24) is 25.0 Å². The Labute approximate surface area is 178 Å². The molecule has 158 valence electrons. The molecule has 1 aliphatic heterocycles. The van der Waals surface area contributed by atoms with E-state index >= 15 is 0 Å². The molecule has 0 spiro atoms. The van der Waals surface area contributed by atoms with E-state index in [1.54, 1.807) is 0 Å². The van der Waals surface area contributed by atoms with Gasteiger partial charge in [-0.25, -0.2) is 9.97 Å². The van der Waals surface area contributed by atoms with Crippen LogP contribution in [0.5, 0.6) is 0 Å². The maximum atomic E-state index is 5.60. The lowest BCUT2D eigenvalue weighted by Crippen LogP contribution is -2.47. The number of nitrogens with zero attached hydrogens (tertiary/aromatic N) is 6. The van der Waals surface area contributed by atoms with E-state index in [1.807, 2.05) is 19.1 Å². The van der Waals surface area contributed by atoms with Crippen LogP contribution in [0.15, 0.2) is 34.9 Å². The summed E-state index contributed by atoms with van der Waals surface area (Å²) >= 11 is 0. The Morgan fingerprint density at radius 1 is 0.900 bits per heavy atom. The summed E-state index contributed by atoms with van der Waals surface area (Å²) in [5.74, 6) is 3.57. The SMILES string of the molecule is Cc1ccc(-c2noc(C(C)N3CCN(c4cc(C)nc(C(C)C)n4)CC3)n2)cc1. The predicted molar refractivity (Wildman–Crippen MR) is 118 cm³/mol. The molecule has 0 N–H and O–H groups in total. The Hall–Kier alpha value is -2.80. The normalized spacial score (nSPS) is 16.3. The third kappa shape index (κ3) is 4.36. The second-order valence-corrected chi connectivity index (χ2v) is 8.40. The summed E-state index contributed by atoms with van der Waals surface area (Å²) in [6, 6.07) is 10.3. The van der Waals surface area contributed by atoms with Crippen LogP contribution in [-0.4, -0.2) is 51.2 Å². The number of piperazine rings is 1. The van der Waals surface area contributed by atoms with Crippen molar-refractivity contribution in [1.29, 1.82) is 0 Å². The Morgan fingerprint density at radius 2 is 1.60 bits per heavy atom. The molecule has 3 aromatic rings. The standard InChI is InChI=1S/C23H30N6O/c1-15(2)21-24-17(4)14-20(25-21)29-12-10-28(11-13-29)18(5)23-26-22(27-30-23)19-8-6-16(3)7-9-19/h6-9,14-15,18H,10-13H2,1-5H3. The second-order valence-electron chi connectivity index (χ2n) is 8.40. The van der Waals surface area contributed by atoms with E-state index < -0.39 is 0 Å². The molecular formula is C23H30N6O. The smallest absolute Gasteiger partial charge is 0.244 e. The van der Waals surface area contributed by atoms with E-state index in [1.165, 1.54) is 5.56 Å². The van der Waals surface area contributed by atoms with Crippen LogP contribution in [0.1, 0.15) is 55.7 Å². The van der Waals surface area contributed by atoms with Crippen molar-refractivity contribution in [2.45, 2.75) is 46.6 Å². The quantitative estimate of drug-likeness (QED) is 0.630. The summed E-state index contributed by atoms with van der Waals surface area (Å²) in [5.41, 5.74) is 3.22. The van der Waals surface area contributed by atoms with Crippen molar-refractivity contribution in [3.8, 4) is 11.4 Å². The lowest BCUT2D eigenvalue weighted by Gasteiger charge is -2.37. The lowest BCUT2D eigenvalue weighted by molar-refractivity contribution is 0.164. The van der Waals surface area contributed by atoms with Crippen LogP contribution in [0.4, 0.5) is 5.82 Å². The van der Waals surface area contributed by atoms with Crippen LogP contribution in [-0.2, 0) is 0 Å². The number of aryl methyl sites for hydroxylation is 2. The monoisotopic (exact) mass is 406 g/mol. The van der Waals surface area contributed by atoms with Crippen LogP contribution < -0.4 is 4.90 Å². The van der Waals surface area contributed by atoms with Crippen LogP contribution in [0, 0.1) is 13.8 Å². The van der Waals surface area contributed by atoms with Gasteiger partial charge in [0.15, 0.2) is 0 Å². The molecule has 1 aromatic carbocycles. The first-order valence-electron chi connectivity index (χ1n) is 10.7. The predicted octanol–water partition coefficient (Wildman–Crippen LogP) is 4.15. The molecule has 4 rings (SSSR count). The first kappa shape index (κ1) is 20.5. The van der Waals surface area contributed by atoms with Crippen molar-refractivity contribution < 1.29 is 4.52 Å². The minimum Gasteiger partial charge on any atom is -0.354 e. The minimum atomic E-state index is 0.0807. The van der Waals surface area contributed by atoms with Crippen molar-refractivity contribution >= 4 is 5.82 Å². The molecule has 3 heterocycles. The number of hydrogen-bond donors (Lipinski definition) is 0. The summed E-state index contributed by atoms with van der Waals surface area (Å²) in [7, 11) is 0. The van der Waals surface area contributed by atoms with E-state index in [0.717, 1.165) is 49.1 Å². The maximum Gasteiger partial charge on any atom is 0.244 e. The van der Waals surface area contributed by atoms with Crippen LogP contribution in [0.3, 0.4) is 0 Å². The molecule has 1 fully saturated rings. The number of hydrogen-bond acceptors (Lipinski definition) is 7. The Balaban J connectivity index is 1.41. The molecule has 7 nitrogen and oxygen atoms in total. The molecule has 0 saturated carbocycles. The molecule has 30 heavy (non-hydrogen) atoms. The van der Waals surface area contributed by atoms with Crippen molar-refractivity contribution in [3.63, 3.8) is 0 Å². The second kappa shape index (κ2) is 8.52. The van der Waals surface area contributed by atoms with Gasteiger partial charge < -0.3 is 9.42 Å².